The number of carbonyl (C=O) groups is 2. The van der Waals surface area contributed by atoms with Gasteiger partial charge in [0, 0.05) is 31.4 Å². The minimum Gasteiger partial charge on any atom is -0.366 e. The predicted octanol–water partition coefficient (Wildman–Crippen LogP) is -0.0679. The van der Waals surface area contributed by atoms with Crippen LogP contribution < -0.4 is 16.0 Å². The summed E-state index contributed by atoms with van der Waals surface area (Å²) < 4.78 is 1.58. The summed E-state index contributed by atoms with van der Waals surface area (Å²) >= 11 is 0. The number of fused-ring (bicyclic) bond motifs is 1. The van der Waals surface area contributed by atoms with Crippen LogP contribution in [0.15, 0.2) is 30.6 Å². The molecule has 0 radical (unpaired) electrons. The molecule has 26 heavy (non-hydrogen) atoms. The molecular formula is C16H16N8O2. The van der Waals surface area contributed by atoms with Gasteiger partial charge < -0.3 is 16.0 Å². The normalized spacial score (nSPS) is 14.3. The van der Waals surface area contributed by atoms with Crippen molar-refractivity contribution in [2.75, 3.05) is 23.3 Å². The van der Waals surface area contributed by atoms with Crippen molar-refractivity contribution in [1.29, 1.82) is 0 Å². The fourth-order valence-electron chi connectivity index (χ4n) is 2.85. The second-order valence-electron chi connectivity index (χ2n) is 6.12. The molecule has 2 aromatic heterocycles. The minimum atomic E-state index is -0.502. The van der Waals surface area contributed by atoms with Gasteiger partial charge in [0.2, 0.25) is 11.8 Å². The Kier molecular flexibility index (Phi) is 3.72. The molecule has 10 heteroatoms. The van der Waals surface area contributed by atoms with Gasteiger partial charge in [0.05, 0.1) is 5.92 Å². The molecule has 0 unspecified atom stereocenters. The molecule has 0 atom stereocenters. The predicted molar refractivity (Wildman–Crippen MR) is 93.4 cm³/mol. The van der Waals surface area contributed by atoms with E-state index in [0.717, 1.165) is 0 Å². The molecule has 132 valence electrons. The van der Waals surface area contributed by atoms with Crippen LogP contribution in [0.25, 0.3) is 11.2 Å². The van der Waals surface area contributed by atoms with Gasteiger partial charge in [-0.1, -0.05) is 5.21 Å². The number of primary amides is 1. The van der Waals surface area contributed by atoms with Gasteiger partial charge in [-0.25, -0.2) is 14.6 Å². The molecule has 1 aromatic carbocycles. The summed E-state index contributed by atoms with van der Waals surface area (Å²) in [4.78, 5) is 33.8. The zero-order valence-corrected chi connectivity index (χ0v) is 14.0. The smallest absolute Gasteiger partial charge is 0.248 e. The number of nitrogens with zero attached hydrogens (tertiary/aromatic N) is 6. The van der Waals surface area contributed by atoms with E-state index in [4.69, 9.17) is 5.73 Å². The third-order valence-electron chi connectivity index (χ3n) is 4.36. The Balaban J connectivity index is 1.41. The molecule has 1 saturated heterocycles. The Bertz CT molecular complexity index is 991. The van der Waals surface area contributed by atoms with E-state index in [-0.39, 0.29) is 11.8 Å². The van der Waals surface area contributed by atoms with Gasteiger partial charge in [-0.3, -0.25) is 9.59 Å². The highest BCUT2D eigenvalue weighted by Gasteiger charge is 2.35. The Morgan fingerprint density at radius 1 is 1.19 bits per heavy atom. The van der Waals surface area contributed by atoms with Gasteiger partial charge in [-0.2, -0.15) is 0 Å². The van der Waals surface area contributed by atoms with Crippen molar-refractivity contribution >= 4 is 34.5 Å². The zero-order chi connectivity index (χ0) is 18.3. The minimum absolute atomic E-state index is 0.0856. The average Bonchev–Trinajstić information content (AvgIpc) is 2.96. The first kappa shape index (κ1) is 15.9. The van der Waals surface area contributed by atoms with Crippen molar-refractivity contribution in [3.05, 3.63) is 36.2 Å². The Labute approximate surface area is 148 Å². The molecule has 1 fully saturated rings. The lowest BCUT2D eigenvalue weighted by molar-refractivity contribution is -0.120. The van der Waals surface area contributed by atoms with Crippen molar-refractivity contribution < 1.29 is 9.59 Å². The molecule has 3 heterocycles. The first-order valence-electron chi connectivity index (χ1n) is 7.99. The van der Waals surface area contributed by atoms with Crippen LogP contribution in [-0.2, 0) is 11.8 Å². The average molecular weight is 352 g/mol. The van der Waals surface area contributed by atoms with Crippen molar-refractivity contribution in [3.63, 3.8) is 0 Å². The molecule has 3 N–H and O–H groups in total. The summed E-state index contributed by atoms with van der Waals surface area (Å²) in [6, 6.07) is 6.47. The molecule has 0 spiro atoms. The van der Waals surface area contributed by atoms with E-state index in [2.05, 4.69) is 25.6 Å². The van der Waals surface area contributed by atoms with E-state index in [1.54, 1.807) is 36.0 Å². The maximum absolute atomic E-state index is 12.4. The van der Waals surface area contributed by atoms with Crippen molar-refractivity contribution in [2.45, 2.75) is 0 Å². The molecule has 4 rings (SSSR count). The van der Waals surface area contributed by atoms with E-state index >= 15 is 0 Å². The monoisotopic (exact) mass is 352 g/mol. The third kappa shape index (κ3) is 2.70. The quantitative estimate of drug-likeness (QED) is 0.672. The van der Waals surface area contributed by atoms with Gasteiger partial charge in [-0.05, 0) is 24.3 Å². The summed E-state index contributed by atoms with van der Waals surface area (Å²) in [6.07, 6.45) is 1.47. The fourth-order valence-corrected chi connectivity index (χ4v) is 2.85. The fraction of sp³-hybridized carbons (Fsp3) is 0.250. The first-order chi connectivity index (χ1) is 12.5. The highest BCUT2D eigenvalue weighted by atomic mass is 16.2. The first-order valence-corrected chi connectivity index (χ1v) is 7.99. The Morgan fingerprint density at radius 2 is 1.92 bits per heavy atom. The van der Waals surface area contributed by atoms with E-state index in [9.17, 15) is 9.59 Å². The lowest BCUT2D eigenvalue weighted by atomic mass is 9.99. The molecular weight excluding hydrogens is 336 g/mol. The lowest BCUT2D eigenvalue weighted by Crippen LogP contribution is -2.52. The van der Waals surface area contributed by atoms with Crippen LogP contribution in [0.2, 0.25) is 0 Å². The third-order valence-corrected chi connectivity index (χ3v) is 4.36. The van der Waals surface area contributed by atoms with E-state index in [0.29, 0.717) is 41.3 Å². The second kappa shape index (κ2) is 6.06. The topological polar surface area (TPSA) is 132 Å². The molecule has 10 nitrogen and oxygen atoms in total. The van der Waals surface area contributed by atoms with Crippen LogP contribution in [0.5, 0.6) is 0 Å². The lowest BCUT2D eigenvalue weighted by Gasteiger charge is -2.38. The number of nitrogens with two attached hydrogens (primary N) is 1. The number of benzene rings is 1. The van der Waals surface area contributed by atoms with Crippen LogP contribution in [0.4, 0.5) is 11.5 Å². The molecule has 0 saturated carbocycles. The molecule has 2 amide bonds. The van der Waals surface area contributed by atoms with E-state index < -0.39 is 5.91 Å². The highest BCUT2D eigenvalue weighted by molar-refractivity contribution is 5.96. The number of amides is 2. The number of carbonyl (C=O) groups excluding carboxylic acids is 2. The van der Waals surface area contributed by atoms with Gasteiger partial charge in [0.1, 0.15) is 6.33 Å². The van der Waals surface area contributed by atoms with Gasteiger partial charge >= 0.3 is 0 Å². The summed E-state index contributed by atoms with van der Waals surface area (Å²) in [5, 5.41) is 10.9. The van der Waals surface area contributed by atoms with Crippen molar-refractivity contribution in [3.8, 4) is 0 Å². The molecule has 0 bridgehead atoms. The van der Waals surface area contributed by atoms with Crippen LogP contribution >= 0.6 is 0 Å². The molecule has 1 aliphatic rings. The highest BCUT2D eigenvalue weighted by Crippen LogP contribution is 2.28. The van der Waals surface area contributed by atoms with E-state index in [1.807, 2.05) is 4.90 Å². The zero-order valence-electron chi connectivity index (χ0n) is 14.0. The number of hydrogen-bond acceptors (Lipinski definition) is 7. The number of aromatic nitrogens is 5. The number of aryl methyl sites for hydroxylation is 1. The van der Waals surface area contributed by atoms with Crippen LogP contribution in [0.1, 0.15) is 10.4 Å². The Hall–Kier alpha value is -3.56. The van der Waals surface area contributed by atoms with Crippen molar-refractivity contribution in [2.24, 2.45) is 18.7 Å². The summed E-state index contributed by atoms with van der Waals surface area (Å²) in [5.41, 5.74) is 7.49. The van der Waals surface area contributed by atoms with Gasteiger partial charge in [-0.15, -0.1) is 5.10 Å². The van der Waals surface area contributed by atoms with Crippen LogP contribution in [0.3, 0.4) is 0 Å². The van der Waals surface area contributed by atoms with Crippen molar-refractivity contribution in [1.82, 2.24) is 25.0 Å². The molecule has 0 aliphatic carbocycles. The summed E-state index contributed by atoms with van der Waals surface area (Å²) in [7, 11) is 1.77. The second-order valence-corrected chi connectivity index (χ2v) is 6.12. The van der Waals surface area contributed by atoms with Crippen LogP contribution in [0, 0.1) is 5.92 Å². The maximum Gasteiger partial charge on any atom is 0.248 e. The SMILES string of the molecule is Cn1nnc2c(N3CC(C(=O)Nc4ccc(C(N)=O)cc4)C3)ncnc21. The molecule has 1 aliphatic heterocycles. The van der Waals surface area contributed by atoms with Gasteiger partial charge in [0.25, 0.3) is 0 Å². The summed E-state index contributed by atoms with van der Waals surface area (Å²) in [5.74, 6) is -0.0688. The van der Waals surface area contributed by atoms with Crippen LogP contribution in [-0.4, -0.2) is 49.9 Å². The standard InChI is InChI=1S/C16H16N8O2/c1-23-14-12(21-22-23)15(19-8-18-14)24-6-10(7-24)16(26)20-11-4-2-9(3-5-11)13(17)25/h2-5,8,10H,6-7H2,1H3,(H2,17,25)(H,20,26). The van der Waals surface area contributed by atoms with E-state index in [1.165, 1.54) is 6.33 Å². The number of nitrogens with one attached hydrogen (secondary N) is 1. The number of anilines is 2. The molecule has 3 aromatic rings. The maximum atomic E-state index is 12.4. The number of hydrogen-bond donors (Lipinski definition) is 2. The number of rotatable bonds is 4. The Morgan fingerprint density at radius 3 is 2.62 bits per heavy atom. The largest absolute Gasteiger partial charge is 0.366 e. The van der Waals surface area contributed by atoms with Gasteiger partial charge in [0.15, 0.2) is 17.0 Å². The summed E-state index contributed by atoms with van der Waals surface area (Å²) in [6.45, 7) is 1.07.